The molecule has 0 bridgehead atoms. The van der Waals surface area contributed by atoms with Gasteiger partial charge in [-0.2, -0.15) is 9.30 Å². The standard InChI is InChI=1S/C26H29N3O7S2/c1-4-35-23(30)16-28-20-13-10-18(25(32)36-5-2)15-22(20)37-26(28)27-24(31)21-7-6-14-29(21)38(33,34)19-11-8-17(3)9-12-19/h8-13,15,21H,4-7,14,16H2,1-3H3. The molecule has 4 rings (SSSR count). The molecule has 0 spiro atoms. The quantitative estimate of drug-likeness (QED) is 0.389. The molecule has 1 aliphatic heterocycles. The topological polar surface area (TPSA) is 124 Å². The van der Waals surface area contributed by atoms with E-state index in [1.807, 2.05) is 6.92 Å². The maximum atomic E-state index is 13.4. The van der Waals surface area contributed by atoms with Gasteiger partial charge in [0.2, 0.25) is 10.0 Å². The van der Waals surface area contributed by atoms with Crippen LogP contribution < -0.4 is 4.80 Å². The Morgan fingerprint density at radius 3 is 2.45 bits per heavy atom. The number of nitrogens with zero attached hydrogens (tertiary/aromatic N) is 3. The third kappa shape index (κ3) is 5.71. The molecule has 12 heteroatoms. The number of aromatic nitrogens is 1. The summed E-state index contributed by atoms with van der Waals surface area (Å²) in [6.45, 7) is 5.69. The molecule has 1 amide bonds. The molecule has 10 nitrogen and oxygen atoms in total. The predicted molar refractivity (Wildman–Crippen MR) is 141 cm³/mol. The normalized spacial score (nSPS) is 16.6. The summed E-state index contributed by atoms with van der Waals surface area (Å²) < 4.78 is 40.2. The van der Waals surface area contributed by atoms with Crippen LogP contribution >= 0.6 is 11.3 Å². The lowest BCUT2D eigenvalue weighted by Gasteiger charge is -2.21. The van der Waals surface area contributed by atoms with Gasteiger partial charge in [0.25, 0.3) is 5.91 Å². The van der Waals surface area contributed by atoms with Gasteiger partial charge in [0.05, 0.1) is 33.9 Å². The summed E-state index contributed by atoms with van der Waals surface area (Å²) in [6.07, 6.45) is 0.859. The molecule has 1 aliphatic rings. The number of fused-ring (bicyclic) bond motifs is 1. The number of sulfonamides is 1. The number of ether oxygens (including phenoxy) is 2. The van der Waals surface area contributed by atoms with Crippen molar-refractivity contribution in [2.24, 2.45) is 4.99 Å². The molecule has 1 atom stereocenters. The zero-order chi connectivity index (χ0) is 27.4. The van der Waals surface area contributed by atoms with E-state index in [0.29, 0.717) is 28.6 Å². The van der Waals surface area contributed by atoms with E-state index >= 15 is 0 Å². The van der Waals surface area contributed by atoms with Crippen LogP contribution in [0.2, 0.25) is 0 Å². The van der Waals surface area contributed by atoms with Crippen molar-refractivity contribution in [3.63, 3.8) is 0 Å². The minimum absolute atomic E-state index is 0.119. The first-order chi connectivity index (χ1) is 18.1. The Hall–Kier alpha value is -3.35. The average Bonchev–Trinajstić information content (AvgIpc) is 3.50. The summed E-state index contributed by atoms with van der Waals surface area (Å²) in [7, 11) is -3.90. The largest absolute Gasteiger partial charge is 0.465 e. The van der Waals surface area contributed by atoms with Gasteiger partial charge in [-0.05, 0) is 63.9 Å². The second-order valence-electron chi connectivity index (χ2n) is 8.72. The number of aryl methyl sites for hydroxylation is 1. The monoisotopic (exact) mass is 559 g/mol. The Kier molecular flexibility index (Phi) is 8.44. The van der Waals surface area contributed by atoms with Crippen LogP contribution in [0.1, 0.15) is 42.6 Å². The summed E-state index contributed by atoms with van der Waals surface area (Å²) in [6, 6.07) is 10.4. The summed E-state index contributed by atoms with van der Waals surface area (Å²) in [5.74, 6) is -1.62. The van der Waals surface area contributed by atoms with Crippen molar-refractivity contribution in [3.8, 4) is 0 Å². The summed E-state index contributed by atoms with van der Waals surface area (Å²) in [5, 5.41) is 0. The van der Waals surface area contributed by atoms with Crippen molar-refractivity contribution in [1.82, 2.24) is 8.87 Å². The smallest absolute Gasteiger partial charge is 0.338 e. The number of carbonyl (C=O) groups is 3. The van der Waals surface area contributed by atoms with Crippen LogP contribution in [0.15, 0.2) is 52.4 Å². The van der Waals surface area contributed by atoms with E-state index < -0.39 is 33.9 Å². The zero-order valence-corrected chi connectivity index (χ0v) is 23.0. The van der Waals surface area contributed by atoms with Gasteiger partial charge < -0.3 is 14.0 Å². The second kappa shape index (κ2) is 11.6. The summed E-state index contributed by atoms with van der Waals surface area (Å²) >= 11 is 1.12. The van der Waals surface area contributed by atoms with Gasteiger partial charge in [-0.25, -0.2) is 13.2 Å². The number of amides is 1. The predicted octanol–water partition coefficient (Wildman–Crippen LogP) is 3.03. The van der Waals surface area contributed by atoms with Crippen LogP contribution in [0.25, 0.3) is 10.2 Å². The molecule has 0 N–H and O–H groups in total. The lowest BCUT2D eigenvalue weighted by atomic mass is 10.2. The maximum absolute atomic E-state index is 13.4. The van der Waals surface area contributed by atoms with E-state index in [1.165, 1.54) is 16.4 Å². The Bertz CT molecular complexity index is 1540. The number of rotatable bonds is 8. The third-order valence-electron chi connectivity index (χ3n) is 6.11. The van der Waals surface area contributed by atoms with Gasteiger partial charge >= 0.3 is 11.9 Å². The number of hydrogen-bond donors (Lipinski definition) is 0. The molecular formula is C26H29N3O7S2. The van der Waals surface area contributed by atoms with Crippen molar-refractivity contribution < 1.29 is 32.3 Å². The zero-order valence-electron chi connectivity index (χ0n) is 21.4. The molecule has 2 aromatic carbocycles. The van der Waals surface area contributed by atoms with Gasteiger partial charge in [0.15, 0.2) is 4.80 Å². The average molecular weight is 560 g/mol. The third-order valence-corrected chi connectivity index (χ3v) is 9.07. The first-order valence-corrected chi connectivity index (χ1v) is 14.5. The Morgan fingerprint density at radius 1 is 1.05 bits per heavy atom. The van der Waals surface area contributed by atoms with E-state index in [0.717, 1.165) is 16.9 Å². The lowest BCUT2D eigenvalue weighted by molar-refractivity contribution is -0.143. The lowest BCUT2D eigenvalue weighted by Crippen LogP contribution is -2.40. The van der Waals surface area contributed by atoms with E-state index in [4.69, 9.17) is 9.47 Å². The molecule has 1 aromatic heterocycles. The van der Waals surface area contributed by atoms with E-state index in [9.17, 15) is 22.8 Å². The Morgan fingerprint density at radius 2 is 1.76 bits per heavy atom. The Labute approximate surface area is 224 Å². The highest BCUT2D eigenvalue weighted by molar-refractivity contribution is 7.89. The van der Waals surface area contributed by atoms with Gasteiger partial charge in [-0.15, -0.1) is 0 Å². The number of benzene rings is 2. The molecule has 1 saturated heterocycles. The van der Waals surface area contributed by atoms with Gasteiger partial charge in [-0.1, -0.05) is 29.0 Å². The molecule has 0 aliphatic carbocycles. The van der Waals surface area contributed by atoms with Crippen LogP contribution in [0.4, 0.5) is 0 Å². The van der Waals surface area contributed by atoms with Gasteiger partial charge in [-0.3, -0.25) is 9.59 Å². The molecule has 0 radical (unpaired) electrons. The molecule has 202 valence electrons. The minimum atomic E-state index is -3.90. The van der Waals surface area contributed by atoms with Crippen LogP contribution in [0, 0.1) is 6.92 Å². The van der Waals surface area contributed by atoms with Crippen LogP contribution in [0.5, 0.6) is 0 Å². The first kappa shape index (κ1) is 27.7. The number of thiazole rings is 1. The fourth-order valence-corrected chi connectivity index (χ4v) is 7.00. The van der Waals surface area contributed by atoms with E-state index in [1.54, 1.807) is 48.7 Å². The number of hydrogen-bond acceptors (Lipinski definition) is 8. The molecule has 3 aromatic rings. The molecule has 1 fully saturated rings. The maximum Gasteiger partial charge on any atom is 0.338 e. The van der Waals surface area contributed by atoms with E-state index in [-0.39, 0.29) is 36.0 Å². The van der Waals surface area contributed by atoms with Crippen LogP contribution in [-0.4, -0.2) is 60.9 Å². The fraction of sp³-hybridized carbons (Fsp3) is 0.385. The molecule has 2 heterocycles. The highest BCUT2D eigenvalue weighted by Crippen LogP contribution is 2.27. The molecule has 38 heavy (non-hydrogen) atoms. The molecular weight excluding hydrogens is 530 g/mol. The minimum Gasteiger partial charge on any atom is -0.465 e. The second-order valence-corrected chi connectivity index (χ2v) is 11.6. The highest BCUT2D eigenvalue weighted by Gasteiger charge is 2.39. The number of esters is 2. The fourth-order valence-electron chi connectivity index (χ4n) is 4.28. The molecule has 1 unspecified atom stereocenters. The van der Waals surface area contributed by atoms with Gasteiger partial charge in [0, 0.05) is 6.54 Å². The SMILES string of the molecule is CCOC(=O)Cn1c(=NC(=O)C2CCCN2S(=O)(=O)c2ccc(C)cc2)sc2cc(C(=O)OCC)ccc21. The molecule has 0 saturated carbocycles. The van der Waals surface area contributed by atoms with Crippen molar-refractivity contribution >= 4 is 49.4 Å². The van der Waals surface area contributed by atoms with Gasteiger partial charge in [0.1, 0.15) is 12.6 Å². The number of carbonyl (C=O) groups excluding carboxylic acids is 3. The van der Waals surface area contributed by atoms with Crippen molar-refractivity contribution in [3.05, 3.63) is 58.4 Å². The van der Waals surface area contributed by atoms with Crippen molar-refractivity contribution in [2.45, 2.75) is 51.1 Å². The Balaban J connectivity index is 1.74. The van der Waals surface area contributed by atoms with Crippen LogP contribution in [0.3, 0.4) is 0 Å². The first-order valence-electron chi connectivity index (χ1n) is 12.3. The summed E-state index contributed by atoms with van der Waals surface area (Å²) in [4.78, 5) is 42.6. The van der Waals surface area contributed by atoms with Crippen LogP contribution in [-0.2, 0) is 35.6 Å². The van der Waals surface area contributed by atoms with E-state index in [2.05, 4.69) is 4.99 Å². The van der Waals surface area contributed by atoms with Crippen molar-refractivity contribution in [1.29, 1.82) is 0 Å². The van der Waals surface area contributed by atoms with Crippen molar-refractivity contribution in [2.75, 3.05) is 19.8 Å². The highest BCUT2D eigenvalue weighted by atomic mass is 32.2. The summed E-state index contributed by atoms with van der Waals surface area (Å²) in [5.41, 5.74) is 1.83.